The first kappa shape index (κ1) is 24.2. The van der Waals surface area contributed by atoms with Crippen LogP contribution < -0.4 is 20.3 Å². The molecule has 2 N–H and O–H groups in total. The summed E-state index contributed by atoms with van der Waals surface area (Å²) in [6, 6.07) is 10.5. The summed E-state index contributed by atoms with van der Waals surface area (Å²) in [5, 5.41) is 6.70. The number of piperidine rings is 1. The molecular weight excluding hydrogens is 489 g/mol. The Kier molecular flexibility index (Phi) is 9.68. The highest BCUT2D eigenvalue weighted by molar-refractivity contribution is 14.0. The van der Waals surface area contributed by atoms with Crippen LogP contribution >= 0.6 is 24.0 Å². The molecule has 30 heavy (non-hydrogen) atoms. The second-order valence-electron chi connectivity index (χ2n) is 7.79. The molecule has 6 nitrogen and oxygen atoms in total. The number of guanidine groups is 1. The number of hydrogen-bond acceptors (Lipinski definition) is 4. The van der Waals surface area contributed by atoms with Gasteiger partial charge in [-0.2, -0.15) is 0 Å². The van der Waals surface area contributed by atoms with Gasteiger partial charge in [0.2, 0.25) is 0 Å². The van der Waals surface area contributed by atoms with Crippen LogP contribution in [0.3, 0.4) is 0 Å². The van der Waals surface area contributed by atoms with Crippen molar-refractivity contribution in [3.63, 3.8) is 0 Å². The zero-order valence-corrected chi connectivity index (χ0v) is 20.8. The second-order valence-corrected chi connectivity index (χ2v) is 7.79. The lowest BCUT2D eigenvalue weighted by Crippen LogP contribution is -2.36. The van der Waals surface area contributed by atoms with E-state index in [1.54, 1.807) is 14.2 Å². The Morgan fingerprint density at radius 2 is 1.90 bits per heavy atom. The van der Waals surface area contributed by atoms with Crippen molar-refractivity contribution in [3.8, 4) is 5.75 Å². The summed E-state index contributed by atoms with van der Waals surface area (Å²) in [4.78, 5) is 11.4. The molecule has 1 aliphatic heterocycles. The van der Waals surface area contributed by atoms with E-state index in [0.29, 0.717) is 13.1 Å². The minimum atomic E-state index is 0. The zero-order chi connectivity index (χ0) is 20.6. The van der Waals surface area contributed by atoms with Crippen LogP contribution in [-0.4, -0.2) is 38.2 Å². The van der Waals surface area contributed by atoms with Gasteiger partial charge >= 0.3 is 0 Å². The average Bonchev–Trinajstić information content (AvgIpc) is 2.75. The van der Waals surface area contributed by atoms with E-state index in [1.807, 2.05) is 12.3 Å². The maximum Gasteiger partial charge on any atom is 0.191 e. The lowest BCUT2D eigenvalue weighted by atomic mass is 9.99. The van der Waals surface area contributed by atoms with Gasteiger partial charge in [-0.05, 0) is 48.9 Å². The molecule has 0 unspecified atom stereocenters. The van der Waals surface area contributed by atoms with Crippen LogP contribution in [0, 0.1) is 12.8 Å². The predicted octanol–water partition coefficient (Wildman–Crippen LogP) is 4.12. The molecule has 0 aliphatic carbocycles. The van der Waals surface area contributed by atoms with Crippen molar-refractivity contribution in [1.29, 1.82) is 0 Å². The van der Waals surface area contributed by atoms with Gasteiger partial charge in [0.25, 0.3) is 0 Å². The molecule has 1 aliphatic rings. The van der Waals surface area contributed by atoms with E-state index in [9.17, 15) is 0 Å². The van der Waals surface area contributed by atoms with Gasteiger partial charge in [-0.1, -0.05) is 25.1 Å². The number of nitrogens with one attached hydrogen (secondary N) is 2. The van der Waals surface area contributed by atoms with Gasteiger partial charge in [-0.15, -0.1) is 24.0 Å². The molecule has 2 heterocycles. The molecular formula is C23H34IN5O. The van der Waals surface area contributed by atoms with Crippen molar-refractivity contribution < 1.29 is 4.74 Å². The van der Waals surface area contributed by atoms with E-state index >= 15 is 0 Å². The smallest absolute Gasteiger partial charge is 0.191 e. The lowest BCUT2D eigenvalue weighted by molar-refractivity contribution is 0.408. The van der Waals surface area contributed by atoms with Crippen LogP contribution in [0.4, 0.5) is 5.82 Å². The molecule has 0 radical (unpaired) electrons. The second kappa shape index (κ2) is 12.0. The van der Waals surface area contributed by atoms with Gasteiger partial charge in [-0.25, -0.2) is 4.98 Å². The van der Waals surface area contributed by atoms with Gasteiger partial charge in [0, 0.05) is 45.0 Å². The monoisotopic (exact) mass is 523 g/mol. The largest absolute Gasteiger partial charge is 0.496 e. The first-order chi connectivity index (χ1) is 14.1. The van der Waals surface area contributed by atoms with Gasteiger partial charge in [0.05, 0.1) is 7.11 Å². The Hall–Kier alpha value is -2.03. The van der Waals surface area contributed by atoms with Crippen LogP contribution in [0.25, 0.3) is 0 Å². The molecule has 164 valence electrons. The molecule has 0 spiro atoms. The number of benzene rings is 1. The fraction of sp³-hybridized carbons (Fsp3) is 0.478. The molecule has 2 aromatic rings. The van der Waals surface area contributed by atoms with E-state index in [0.717, 1.165) is 47.7 Å². The Labute approximate surface area is 197 Å². The molecule has 1 fully saturated rings. The summed E-state index contributed by atoms with van der Waals surface area (Å²) in [5.74, 6) is 3.55. The lowest BCUT2D eigenvalue weighted by Gasteiger charge is -2.31. The summed E-state index contributed by atoms with van der Waals surface area (Å²) < 4.78 is 5.48. The number of anilines is 1. The minimum absolute atomic E-state index is 0. The standard InChI is InChI=1S/C23H33N5O.HI/c1-17-9-11-28(12-10-17)22-8-6-19(14-25-22)15-26-23(24-3)27-16-20-7-5-18(2)13-21(20)29-4;/h5-8,13-14,17H,9-12,15-16H2,1-4H3,(H2,24,26,27);1H. The Balaban J connectivity index is 0.00000320. The van der Waals surface area contributed by atoms with Crippen molar-refractivity contribution in [2.75, 3.05) is 32.1 Å². The number of ether oxygens (including phenoxy) is 1. The van der Waals surface area contributed by atoms with Crippen molar-refractivity contribution in [2.24, 2.45) is 10.9 Å². The van der Waals surface area contributed by atoms with E-state index in [2.05, 4.69) is 63.6 Å². The summed E-state index contributed by atoms with van der Waals surface area (Å²) in [5.41, 5.74) is 3.42. The Morgan fingerprint density at radius 1 is 1.17 bits per heavy atom. The molecule has 0 amide bonds. The maximum absolute atomic E-state index is 5.48. The number of halogens is 1. The number of hydrogen-bond donors (Lipinski definition) is 2. The number of pyridine rings is 1. The van der Waals surface area contributed by atoms with Crippen LogP contribution in [0.2, 0.25) is 0 Å². The Morgan fingerprint density at radius 3 is 2.53 bits per heavy atom. The molecule has 0 bridgehead atoms. The van der Waals surface area contributed by atoms with Crippen molar-refractivity contribution in [3.05, 3.63) is 53.2 Å². The summed E-state index contributed by atoms with van der Waals surface area (Å²) in [7, 11) is 3.48. The maximum atomic E-state index is 5.48. The van der Waals surface area contributed by atoms with Crippen LogP contribution in [0.15, 0.2) is 41.5 Å². The molecule has 0 saturated carbocycles. The molecule has 3 rings (SSSR count). The van der Waals surface area contributed by atoms with E-state index < -0.39 is 0 Å². The van der Waals surface area contributed by atoms with E-state index in [-0.39, 0.29) is 24.0 Å². The summed E-state index contributed by atoms with van der Waals surface area (Å²) in [6.45, 7) is 7.92. The van der Waals surface area contributed by atoms with E-state index in [1.165, 1.54) is 18.4 Å². The highest BCUT2D eigenvalue weighted by atomic mass is 127. The fourth-order valence-corrected chi connectivity index (χ4v) is 3.53. The number of methoxy groups -OCH3 is 1. The molecule has 1 aromatic carbocycles. The highest BCUT2D eigenvalue weighted by Gasteiger charge is 2.16. The molecule has 0 atom stereocenters. The average molecular weight is 523 g/mol. The molecule has 7 heteroatoms. The van der Waals surface area contributed by atoms with Gasteiger partial charge in [0.15, 0.2) is 5.96 Å². The highest BCUT2D eigenvalue weighted by Crippen LogP contribution is 2.21. The SMILES string of the molecule is CN=C(NCc1ccc(N2CCC(C)CC2)nc1)NCc1ccc(C)cc1OC.I. The first-order valence-electron chi connectivity index (χ1n) is 10.4. The number of aromatic nitrogens is 1. The topological polar surface area (TPSA) is 61.8 Å². The molecule has 1 aromatic heterocycles. The zero-order valence-electron chi connectivity index (χ0n) is 18.4. The predicted molar refractivity (Wildman–Crippen MR) is 135 cm³/mol. The number of aryl methyl sites for hydroxylation is 1. The normalized spacial score (nSPS) is 14.8. The number of nitrogens with zero attached hydrogens (tertiary/aromatic N) is 3. The van der Waals surface area contributed by atoms with Crippen molar-refractivity contribution in [1.82, 2.24) is 15.6 Å². The quantitative estimate of drug-likeness (QED) is 0.339. The van der Waals surface area contributed by atoms with E-state index in [4.69, 9.17) is 4.74 Å². The van der Waals surface area contributed by atoms with Crippen LogP contribution in [-0.2, 0) is 13.1 Å². The Bertz CT molecular complexity index is 817. The van der Waals surface area contributed by atoms with Crippen LogP contribution in [0.5, 0.6) is 5.75 Å². The van der Waals surface area contributed by atoms with Crippen molar-refractivity contribution in [2.45, 2.75) is 39.8 Å². The number of aliphatic imine (C=N–C) groups is 1. The molecule has 1 saturated heterocycles. The third kappa shape index (κ3) is 6.75. The van der Waals surface area contributed by atoms with Gasteiger partial charge in [-0.3, -0.25) is 4.99 Å². The van der Waals surface area contributed by atoms with Crippen LogP contribution in [0.1, 0.15) is 36.5 Å². The third-order valence-electron chi connectivity index (χ3n) is 5.49. The summed E-state index contributed by atoms with van der Waals surface area (Å²) in [6.07, 6.45) is 4.45. The van der Waals surface area contributed by atoms with Gasteiger partial charge < -0.3 is 20.3 Å². The number of rotatable bonds is 6. The van der Waals surface area contributed by atoms with Crippen molar-refractivity contribution >= 4 is 35.8 Å². The first-order valence-corrected chi connectivity index (χ1v) is 10.4. The van der Waals surface area contributed by atoms with Gasteiger partial charge in [0.1, 0.15) is 11.6 Å². The minimum Gasteiger partial charge on any atom is -0.496 e. The fourth-order valence-electron chi connectivity index (χ4n) is 3.53. The summed E-state index contributed by atoms with van der Waals surface area (Å²) >= 11 is 0. The third-order valence-corrected chi connectivity index (χ3v) is 5.49.